The molecular weight excluding hydrogens is 345 g/mol. The van der Waals surface area contributed by atoms with Crippen molar-refractivity contribution in [3.8, 4) is 11.8 Å². The molecule has 0 saturated carbocycles. The van der Waals surface area contributed by atoms with Gasteiger partial charge in [0.05, 0.1) is 23.4 Å². The van der Waals surface area contributed by atoms with E-state index >= 15 is 0 Å². The average molecular weight is 361 g/mol. The zero-order chi connectivity index (χ0) is 19.2. The van der Waals surface area contributed by atoms with E-state index in [2.05, 4.69) is 10.3 Å². The number of rotatable bonds is 5. The molecule has 0 saturated heterocycles. The summed E-state index contributed by atoms with van der Waals surface area (Å²) in [5, 5.41) is 11.6. The van der Waals surface area contributed by atoms with Crippen LogP contribution in [-0.2, 0) is 0 Å². The van der Waals surface area contributed by atoms with Crippen molar-refractivity contribution >= 4 is 11.6 Å². The van der Waals surface area contributed by atoms with Crippen molar-refractivity contribution < 1.29 is 13.9 Å². The molecule has 0 aliphatic carbocycles. The molecule has 3 aromatic rings. The van der Waals surface area contributed by atoms with Gasteiger partial charge in [0, 0.05) is 11.9 Å². The zero-order valence-electron chi connectivity index (χ0n) is 14.5. The van der Waals surface area contributed by atoms with Gasteiger partial charge in [-0.1, -0.05) is 12.1 Å². The largest absolute Gasteiger partial charge is 0.484 e. The first kappa shape index (κ1) is 18.1. The van der Waals surface area contributed by atoms with Crippen LogP contribution in [0.15, 0.2) is 67.0 Å². The first-order valence-electron chi connectivity index (χ1n) is 8.24. The molecule has 1 N–H and O–H groups in total. The highest BCUT2D eigenvalue weighted by molar-refractivity contribution is 6.04. The van der Waals surface area contributed by atoms with Gasteiger partial charge >= 0.3 is 0 Å². The second-order valence-corrected chi connectivity index (χ2v) is 5.86. The summed E-state index contributed by atoms with van der Waals surface area (Å²) in [7, 11) is 0. The van der Waals surface area contributed by atoms with Gasteiger partial charge in [0.2, 0.25) is 0 Å². The van der Waals surface area contributed by atoms with E-state index in [4.69, 9.17) is 10.00 Å². The molecule has 1 atom stereocenters. The molecule has 27 heavy (non-hydrogen) atoms. The maximum atomic E-state index is 13.0. The fourth-order valence-electron chi connectivity index (χ4n) is 2.44. The predicted octanol–water partition coefficient (Wildman–Crippen LogP) is 4.48. The molecule has 0 fully saturated rings. The first-order valence-corrected chi connectivity index (χ1v) is 8.24. The Morgan fingerprint density at radius 2 is 1.85 bits per heavy atom. The van der Waals surface area contributed by atoms with E-state index in [1.54, 1.807) is 42.5 Å². The van der Waals surface area contributed by atoms with Crippen LogP contribution in [0.2, 0.25) is 0 Å². The Kier molecular flexibility index (Phi) is 5.43. The number of aromatic nitrogens is 1. The minimum absolute atomic E-state index is 0.311. The summed E-state index contributed by atoms with van der Waals surface area (Å²) in [5.41, 5.74) is 2.23. The van der Waals surface area contributed by atoms with Crippen molar-refractivity contribution in [3.05, 3.63) is 89.5 Å². The van der Waals surface area contributed by atoms with Crippen LogP contribution in [0.25, 0.3) is 0 Å². The van der Waals surface area contributed by atoms with Crippen LogP contribution >= 0.6 is 0 Å². The van der Waals surface area contributed by atoms with Crippen molar-refractivity contribution in [2.75, 3.05) is 5.32 Å². The summed E-state index contributed by atoms with van der Waals surface area (Å²) in [6.45, 7) is 1.83. The van der Waals surface area contributed by atoms with E-state index in [-0.39, 0.29) is 17.8 Å². The maximum absolute atomic E-state index is 13.0. The second kappa shape index (κ2) is 8.11. The number of nitrogens with one attached hydrogen (secondary N) is 1. The lowest BCUT2D eigenvalue weighted by Crippen LogP contribution is -2.12. The molecule has 134 valence electrons. The van der Waals surface area contributed by atoms with Crippen LogP contribution in [-0.4, -0.2) is 10.9 Å². The molecule has 3 rings (SSSR count). The number of anilines is 1. The van der Waals surface area contributed by atoms with E-state index in [9.17, 15) is 9.18 Å². The average Bonchev–Trinajstić information content (AvgIpc) is 2.69. The van der Waals surface area contributed by atoms with E-state index in [1.165, 1.54) is 24.5 Å². The van der Waals surface area contributed by atoms with E-state index < -0.39 is 0 Å². The molecule has 0 bridgehead atoms. The number of amides is 1. The lowest BCUT2D eigenvalue weighted by atomic mass is 10.1. The lowest BCUT2D eigenvalue weighted by Gasteiger charge is -2.15. The van der Waals surface area contributed by atoms with Crippen LogP contribution in [0.1, 0.15) is 34.5 Å². The minimum Gasteiger partial charge on any atom is -0.484 e. The molecule has 5 nitrogen and oxygen atoms in total. The molecule has 0 aliphatic heterocycles. The highest BCUT2D eigenvalue weighted by Crippen LogP contribution is 2.22. The first-order chi connectivity index (χ1) is 13.0. The summed E-state index contributed by atoms with van der Waals surface area (Å²) in [6, 6.07) is 16.2. The minimum atomic E-state index is -0.341. The van der Waals surface area contributed by atoms with Gasteiger partial charge in [0.15, 0.2) is 0 Å². The maximum Gasteiger partial charge on any atom is 0.257 e. The third-order valence-corrected chi connectivity index (χ3v) is 3.90. The SMILES string of the molecule is C[C@@H](Oc1cncc(C(=O)Nc2ccc(C#N)cc2)c1)c1ccc(F)cc1. The fourth-order valence-corrected chi connectivity index (χ4v) is 2.44. The van der Waals surface area contributed by atoms with Gasteiger partial charge in [-0.25, -0.2) is 4.39 Å². The van der Waals surface area contributed by atoms with Crippen LogP contribution in [0.4, 0.5) is 10.1 Å². The molecular formula is C21H16FN3O2. The fraction of sp³-hybridized carbons (Fsp3) is 0.0952. The van der Waals surface area contributed by atoms with Crippen molar-refractivity contribution in [3.63, 3.8) is 0 Å². The predicted molar refractivity (Wildman–Crippen MR) is 98.8 cm³/mol. The third-order valence-electron chi connectivity index (χ3n) is 3.90. The number of pyridine rings is 1. The Hall–Kier alpha value is -3.72. The second-order valence-electron chi connectivity index (χ2n) is 5.86. The summed E-state index contributed by atoms with van der Waals surface area (Å²) in [6.07, 6.45) is 2.62. The topological polar surface area (TPSA) is 75.0 Å². The highest BCUT2D eigenvalue weighted by atomic mass is 19.1. The molecule has 1 aromatic heterocycles. The molecule has 0 radical (unpaired) electrons. The number of carbonyl (C=O) groups is 1. The summed E-state index contributed by atoms with van der Waals surface area (Å²) in [4.78, 5) is 16.4. The number of benzene rings is 2. The Bertz CT molecular complexity index is 980. The number of nitriles is 1. The van der Waals surface area contributed by atoms with Crippen molar-refractivity contribution in [1.29, 1.82) is 5.26 Å². The number of carbonyl (C=O) groups excluding carboxylic acids is 1. The van der Waals surface area contributed by atoms with Gasteiger partial charge in [-0.05, 0) is 55.0 Å². The molecule has 1 amide bonds. The molecule has 0 spiro atoms. The van der Waals surface area contributed by atoms with E-state index in [0.29, 0.717) is 22.6 Å². The van der Waals surface area contributed by atoms with Gasteiger partial charge in [0.1, 0.15) is 17.7 Å². The number of ether oxygens (including phenoxy) is 1. The Labute approximate surface area is 156 Å². The summed E-state index contributed by atoms with van der Waals surface area (Å²) < 4.78 is 18.8. The number of hydrogen-bond donors (Lipinski definition) is 1. The Balaban J connectivity index is 1.69. The molecule has 6 heteroatoms. The van der Waals surface area contributed by atoms with Crippen molar-refractivity contribution in [1.82, 2.24) is 4.98 Å². The van der Waals surface area contributed by atoms with Crippen LogP contribution in [0, 0.1) is 17.1 Å². The van der Waals surface area contributed by atoms with Gasteiger partial charge in [-0.3, -0.25) is 9.78 Å². The lowest BCUT2D eigenvalue weighted by molar-refractivity contribution is 0.102. The van der Waals surface area contributed by atoms with Crippen LogP contribution in [0.5, 0.6) is 5.75 Å². The smallest absolute Gasteiger partial charge is 0.257 e. The number of nitrogens with zero attached hydrogens (tertiary/aromatic N) is 2. The van der Waals surface area contributed by atoms with E-state index in [1.807, 2.05) is 13.0 Å². The number of halogens is 1. The number of hydrogen-bond acceptors (Lipinski definition) is 4. The third kappa shape index (κ3) is 4.67. The van der Waals surface area contributed by atoms with Gasteiger partial charge < -0.3 is 10.1 Å². The molecule has 1 heterocycles. The van der Waals surface area contributed by atoms with Crippen LogP contribution < -0.4 is 10.1 Å². The monoisotopic (exact) mass is 361 g/mol. The molecule has 0 unspecified atom stereocenters. The molecule has 2 aromatic carbocycles. The summed E-state index contributed by atoms with van der Waals surface area (Å²) in [5.74, 6) is -0.222. The van der Waals surface area contributed by atoms with Crippen molar-refractivity contribution in [2.24, 2.45) is 0 Å². The zero-order valence-corrected chi connectivity index (χ0v) is 14.5. The Morgan fingerprint density at radius 3 is 2.52 bits per heavy atom. The highest BCUT2D eigenvalue weighted by Gasteiger charge is 2.11. The standard InChI is InChI=1S/C21H16FN3O2/c1-14(16-4-6-18(22)7-5-16)27-20-10-17(12-24-13-20)21(26)25-19-8-2-15(11-23)3-9-19/h2-10,12-14H,1H3,(H,25,26)/t14-/m1/s1. The molecule has 0 aliphatic rings. The quantitative estimate of drug-likeness (QED) is 0.727. The van der Waals surface area contributed by atoms with Crippen LogP contribution in [0.3, 0.4) is 0 Å². The normalized spacial score (nSPS) is 11.3. The summed E-state index contributed by atoms with van der Waals surface area (Å²) >= 11 is 0. The van der Waals surface area contributed by atoms with Gasteiger partial charge in [-0.2, -0.15) is 5.26 Å². The van der Waals surface area contributed by atoms with Gasteiger partial charge in [-0.15, -0.1) is 0 Å². The van der Waals surface area contributed by atoms with E-state index in [0.717, 1.165) is 5.56 Å². The Morgan fingerprint density at radius 1 is 1.15 bits per heavy atom. The van der Waals surface area contributed by atoms with Crippen molar-refractivity contribution in [2.45, 2.75) is 13.0 Å². The van der Waals surface area contributed by atoms with Gasteiger partial charge in [0.25, 0.3) is 5.91 Å².